The zero-order chi connectivity index (χ0) is 20.6. The molecule has 1 N–H and O–H groups in total. The fourth-order valence-electron chi connectivity index (χ4n) is 2.85. The second kappa shape index (κ2) is 7.43. The van der Waals surface area contributed by atoms with Gasteiger partial charge in [-0.1, -0.05) is 0 Å². The molecule has 0 amide bonds. The normalized spacial score (nSPS) is 11.1. The number of halogens is 4. The smallest absolute Gasteiger partial charge is 0.343 e. The van der Waals surface area contributed by atoms with Crippen LogP contribution in [0, 0.1) is 23.3 Å². The van der Waals surface area contributed by atoms with Crippen LogP contribution in [0.2, 0.25) is 0 Å². The van der Waals surface area contributed by atoms with Gasteiger partial charge in [-0.05, 0) is 31.2 Å². The molecule has 5 nitrogen and oxygen atoms in total. The number of hydrogen-bond donors (Lipinski definition) is 1. The molecular weight excluding hydrogens is 382 g/mol. The quantitative estimate of drug-likeness (QED) is 0.419. The Morgan fingerprint density at radius 3 is 2.50 bits per heavy atom. The second-order valence-electron chi connectivity index (χ2n) is 5.78. The van der Waals surface area contributed by atoms with Crippen LogP contribution >= 0.6 is 0 Å². The van der Waals surface area contributed by atoms with E-state index in [0.717, 1.165) is 29.0 Å². The van der Waals surface area contributed by atoms with E-state index in [-0.39, 0.29) is 17.9 Å². The van der Waals surface area contributed by atoms with E-state index in [0.29, 0.717) is 6.07 Å². The van der Waals surface area contributed by atoms with Gasteiger partial charge in [0.05, 0.1) is 29.8 Å². The van der Waals surface area contributed by atoms with Crippen LogP contribution in [0.4, 0.5) is 17.6 Å². The predicted molar refractivity (Wildman–Crippen MR) is 91.3 cm³/mol. The number of ether oxygens (including phenoxy) is 1. The average Bonchev–Trinajstić information content (AvgIpc) is 2.67. The van der Waals surface area contributed by atoms with Gasteiger partial charge in [0.15, 0.2) is 17.5 Å². The number of aliphatic hydroxyl groups is 1. The molecule has 0 atom stereocenters. The fourth-order valence-corrected chi connectivity index (χ4v) is 2.85. The first-order chi connectivity index (χ1) is 13.3. The lowest BCUT2D eigenvalue weighted by atomic mass is 10.1. The lowest BCUT2D eigenvalue weighted by Crippen LogP contribution is -2.22. The minimum Gasteiger partial charge on any atom is -0.462 e. The highest BCUT2D eigenvalue weighted by Crippen LogP contribution is 2.27. The van der Waals surface area contributed by atoms with Crippen molar-refractivity contribution < 1.29 is 32.2 Å². The summed E-state index contributed by atoms with van der Waals surface area (Å²) < 4.78 is 61.3. The standard InChI is InChI=1S/C19H13F4NO4/c1-2-28-19(27)12-7-24(14-4-3-10(20)5-9(14)8-25)17-11(18(12)26)6-13(21)15(22)16(17)23/h3-7,25H,2,8H2,1H3. The summed E-state index contributed by atoms with van der Waals surface area (Å²) in [5.41, 5.74) is -2.37. The Labute approximate surface area is 155 Å². The van der Waals surface area contributed by atoms with Crippen LogP contribution < -0.4 is 5.43 Å². The van der Waals surface area contributed by atoms with Crippen molar-refractivity contribution in [3.05, 3.63) is 75.1 Å². The number of benzene rings is 2. The molecule has 3 rings (SSSR count). The van der Waals surface area contributed by atoms with Crippen molar-refractivity contribution in [3.63, 3.8) is 0 Å². The summed E-state index contributed by atoms with van der Waals surface area (Å²) in [4.78, 5) is 24.7. The first-order valence-corrected chi connectivity index (χ1v) is 8.09. The Morgan fingerprint density at radius 1 is 1.14 bits per heavy atom. The number of esters is 1. The lowest BCUT2D eigenvalue weighted by molar-refractivity contribution is 0.0524. The van der Waals surface area contributed by atoms with Crippen LogP contribution in [0.1, 0.15) is 22.8 Å². The maximum absolute atomic E-state index is 14.6. The molecule has 0 aliphatic rings. The largest absolute Gasteiger partial charge is 0.462 e. The van der Waals surface area contributed by atoms with Crippen LogP contribution in [0.3, 0.4) is 0 Å². The number of aliphatic hydroxyl groups excluding tert-OH is 1. The van der Waals surface area contributed by atoms with Gasteiger partial charge in [0, 0.05) is 11.8 Å². The van der Waals surface area contributed by atoms with Gasteiger partial charge in [-0.3, -0.25) is 4.79 Å². The van der Waals surface area contributed by atoms with Crippen LogP contribution in [0.15, 0.2) is 35.3 Å². The van der Waals surface area contributed by atoms with Crippen LogP contribution in [-0.4, -0.2) is 22.2 Å². The summed E-state index contributed by atoms with van der Waals surface area (Å²) in [5.74, 6) is -6.87. The topological polar surface area (TPSA) is 68.5 Å². The SMILES string of the molecule is CCOC(=O)c1cn(-c2ccc(F)cc2CO)c2c(F)c(F)c(F)cc2c1=O. The summed E-state index contributed by atoms with van der Waals surface area (Å²) in [7, 11) is 0. The number of nitrogens with zero attached hydrogens (tertiary/aromatic N) is 1. The first-order valence-electron chi connectivity index (χ1n) is 8.09. The highest BCUT2D eigenvalue weighted by atomic mass is 19.2. The molecule has 1 aromatic heterocycles. The molecule has 2 aromatic carbocycles. The Kier molecular flexibility index (Phi) is 5.19. The van der Waals surface area contributed by atoms with Gasteiger partial charge < -0.3 is 14.4 Å². The van der Waals surface area contributed by atoms with E-state index in [1.54, 1.807) is 0 Å². The van der Waals surface area contributed by atoms with Crippen molar-refractivity contribution in [3.8, 4) is 5.69 Å². The molecule has 0 aliphatic heterocycles. The van der Waals surface area contributed by atoms with Gasteiger partial charge in [-0.15, -0.1) is 0 Å². The van der Waals surface area contributed by atoms with Gasteiger partial charge in [0.1, 0.15) is 11.4 Å². The maximum Gasteiger partial charge on any atom is 0.343 e. The molecule has 0 radical (unpaired) electrons. The van der Waals surface area contributed by atoms with Crippen molar-refractivity contribution in [2.75, 3.05) is 6.61 Å². The molecule has 0 unspecified atom stereocenters. The zero-order valence-electron chi connectivity index (χ0n) is 14.4. The van der Waals surface area contributed by atoms with Crippen LogP contribution in [-0.2, 0) is 11.3 Å². The molecule has 146 valence electrons. The Bertz CT molecular complexity index is 1160. The molecule has 3 aromatic rings. The third kappa shape index (κ3) is 3.13. The number of rotatable bonds is 4. The summed E-state index contributed by atoms with van der Waals surface area (Å²) in [6.07, 6.45) is 0.884. The van der Waals surface area contributed by atoms with E-state index < -0.39 is 57.7 Å². The number of carbonyl (C=O) groups excluding carboxylic acids is 1. The monoisotopic (exact) mass is 395 g/mol. The van der Waals surface area contributed by atoms with Crippen LogP contribution in [0.25, 0.3) is 16.6 Å². The molecule has 0 saturated heterocycles. The molecule has 0 spiro atoms. The van der Waals surface area contributed by atoms with E-state index in [4.69, 9.17) is 4.74 Å². The third-order valence-electron chi connectivity index (χ3n) is 4.09. The van der Waals surface area contributed by atoms with Gasteiger partial charge in [0.25, 0.3) is 0 Å². The number of aromatic nitrogens is 1. The molecule has 0 bridgehead atoms. The summed E-state index contributed by atoms with van der Waals surface area (Å²) in [6.45, 7) is 0.748. The first kappa shape index (κ1) is 19.6. The highest BCUT2D eigenvalue weighted by molar-refractivity contribution is 5.94. The number of pyridine rings is 1. The average molecular weight is 395 g/mol. The molecule has 0 aliphatic carbocycles. The highest BCUT2D eigenvalue weighted by Gasteiger charge is 2.24. The van der Waals surface area contributed by atoms with Crippen molar-refractivity contribution in [1.29, 1.82) is 0 Å². The van der Waals surface area contributed by atoms with Crippen molar-refractivity contribution >= 4 is 16.9 Å². The van der Waals surface area contributed by atoms with Crippen molar-refractivity contribution in [2.24, 2.45) is 0 Å². The molecule has 9 heteroatoms. The van der Waals surface area contributed by atoms with Gasteiger partial charge in [-0.2, -0.15) is 0 Å². The molecule has 0 saturated carbocycles. The minimum atomic E-state index is -1.82. The summed E-state index contributed by atoms with van der Waals surface area (Å²) in [6, 6.07) is 3.54. The van der Waals surface area contributed by atoms with Crippen LogP contribution in [0.5, 0.6) is 0 Å². The number of carbonyl (C=O) groups is 1. The zero-order valence-corrected chi connectivity index (χ0v) is 14.4. The van der Waals surface area contributed by atoms with Gasteiger partial charge >= 0.3 is 5.97 Å². The minimum absolute atomic E-state index is 0.0376. The van der Waals surface area contributed by atoms with E-state index in [1.165, 1.54) is 6.92 Å². The van der Waals surface area contributed by atoms with Gasteiger partial charge in [0.2, 0.25) is 5.43 Å². The Balaban J connectivity index is 2.51. The Morgan fingerprint density at radius 2 is 1.86 bits per heavy atom. The fraction of sp³-hybridized carbons (Fsp3) is 0.158. The molecule has 0 fully saturated rings. The third-order valence-corrected chi connectivity index (χ3v) is 4.09. The summed E-state index contributed by atoms with van der Waals surface area (Å²) in [5, 5.41) is 8.88. The van der Waals surface area contributed by atoms with E-state index in [2.05, 4.69) is 0 Å². The molecule has 1 heterocycles. The molecule has 28 heavy (non-hydrogen) atoms. The van der Waals surface area contributed by atoms with Gasteiger partial charge in [-0.25, -0.2) is 22.4 Å². The maximum atomic E-state index is 14.6. The number of fused-ring (bicyclic) bond motifs is 1. The molecular formula is C19H13F4NO4. The van der Waals surface area contributed by atoms with E-state index in [1.807, 2.05) is 0 Å². The van der Waals surface area contributed by atoms with E-state index >= 15 is 0 Å². The number of hydrogen-bond acceptors (Lipinski definition) is 4. The van der Waals surface area contributed by atoms with Crippen molar-refractivity contribution in [2.45, 2.75) is 13.5 Å². The van der Waals surface area contributed by atoms with Crippen molar-refractivity contribution in [1.82, 2.24) is 4.57 Å². The second-order valence-corrected chi connectivity index (χ2v) is 5.78. The Hall–Kier alpha value is -3.20. The van der Waals surface area contributed by atoms with E-state index in [9.17, 15) is 32.3 Å². The lowest BCUT2D eigenvalue weighted by Gasteiger charge is -2.17. The summed E-state index contributed by atoms with van der Waals surface area (Å²) >= 11 is 0. The predicted octanol–water partition coefficient (Wildman–Crippen LogP) is 3.22.